The van der Waals surface area contributed by atoms with Gasteiger partial charge in [0, 0.05) is 7.11 Å². The first-order chi connectivity index (χ1) is 11.6. The van der Waals surface area contributed by atoms with E-state index in [9.17, 15) is 40.5 Å². The molecule has 0 amide bonds. The second kappa shape index (κ2) is 8.54. The first-order valence-corrected chi connectivity index (χ1v) is 6.04. The molecular weight excluding hydrogens is 364 g/mol. The highest BCUT2D eigenvalue weighted by Crippen LogP contribution is 2.29. The minimum Gasteiger partial charge on any atom is -0.353 e. The van der Waals surface area contributed by atoms with Crippen molar-refractivity contribution in [1.82, 2.24) is 0 Å². The molecule has 1 aliphatic rings. The first kappa shape index (κ1) is 19.8. The van der Waals surface area contributed by atoms with Crippen LogP contribution in [-0.4, -0.2) is 64.8 Å². The van der Waals surface area contributed by atoms with Gasteiger partial charge in [-0.25, -0.2) is 0 Å². The number of nitrogens with zero attached hydrogens (tertiary/aromatic N) is 4. The molecule has 0 aromatic carbocycles. The van der Waals surface area contributed by atoms with Crippen molar-refractivity contribution in [2.45, 2.75) is 30.7 Å². The lowest BCUT2D eigenvalue weighted by Crippen LogP contribution is -2.63. The van der Waals surface area contributed by atoms with Crippen molar-refractivity contribution in [1.29, 1.82) is 0 Å². The molecule has 1 aliphatic heterocycles. The summed E-state index contributed by atoms with van der Waals surface area (Å²) in [4.78, 5) is 58.5. The third kappa shape index (κ3) is 5.69. The quantitative estimate of drug-likeness (QED) is 0.306. The van der Waals surface area contributed by atoms with Gasteiger partial charge in [0.05, 0.1) is 0 Å². The summed E-state index contributed by atoms with van der Waals surface area (Å²) in [7, 11) is 0.963. The van der Waals surface area contributed by atoms with Crippen LogP contribution < -0.4 is 0 Å². The molecule has 1 saturated heterocycles. The summed E-state index contributed by atoms with van der Waals surface area (Å²) in [5, 5.41) is 36.5. The van der Waals surface area contributed by atoms with Crippen LogP contribution in [0.1, 0.15) is 0 Å². The topological polar surface area (TPSA) is 228 Å². The summed E-state index contributed by atoms with van der Waals surface area (Å²) < 4.78 is 9.71. The van der Waals surface area contributed by atoms with Gasteiger partial charge in [-0.2, -0.15) is 0 Å². The van der Waals surface area contributed by atoms with Gasteiger partial charge in [-0.05, 0) is 0 Å². The molecule has 0 spiro atoms. The standard InChI is InChI=1S/C7H10N4O14/c1-20-7-6(25-11(18)19)5(24-10(16)17)4(23-9(14)15)3(22-7)2-21-8(12)13/h3-7H,2H2,1H3/t3-,4-,5+,6-,7+/m1/s1. The van der Waals surface area contributed by atoms with E-state index in [1.807, 2.05) is 0 Å². The molecule has 0 aromatic heterocycles. The Labute approximate surface area is 135 Å². The molecule has 1 rings (SSSR count). The second-order valence-electron chi connectivity index (χ2n) is 4.18. The maximum absolute atomic E-state index is 10.6. The van der Waals surface area contributed by atoms with Crippen LogP contribution >= 0.6 is 0 Å². The number of rotatable bonds is 10. The van der Waals surface area contributed by atoms with E-state index in [0.717, 1.165) is 7.11 Å². The van der Waals surface area contributed by atoms with Gasteiger partial charge in [-0.3, -0.25) is 0 Å². The van der Waals surface area contributed by atoms with Crippen molar-refractivity contribution in [3.05, 3.63) is 40.5 Å². The lowest BCUT2D eigenvalue weighted by atomic mass is 9.99. The van der Waals surface area contributed by atoms with E-state index in [1.165, 1.54) is 0 Å². The van der Waals surface area contributed by atoms with Crippen molar-refractivity contribution in [3.63, 3.8) is 0 Å². The molecule has 1 fully saturated rings. The zero-order valence-corrected chi connectivity index (χ0v) is 12.1. The average Bonchev–Trinajstić information content (AvgIpc) is 2.48. The molecule has 18 heteroatoms. The predicted molar refractivity (Wildman–Crippen MR) is 64.2 cm³/mol. The van der Waals surface area contributed by atoms with E-state index in [4.69, 9.17) is 9.47 Å². The van der Waals surface area contributed by atoms with Crippen LogP contribution in [0.15, 0.2) is 0 Å². The number of ether oxygens (including phenoxy) is 2. The maximum atomic E-state index is 10.6. The fourth-order valence-electron chi connectivity index (χ4n) is 1.99. The highest BCUT2D eigenvalue weighted by Gasteiger charge is 2.53. The number of hydrogen-bond donors (Lipinski definition) is 0. The predicted octanol–water partition coefficient (Wildman–Crippen LogP) is -1.70. The minimum absolute atomic E-state index is 0.963. The van der Waals surface area contributed by atoms with E-state index in [2.05, 4.69) is 19.4 Å². The molecule has 5 atom stereocenters. The molecule has 25 heavy (non-hydrogen) atoms. The highest BCUT2D eigenvalue weighted by molar-refractivity contribution is 4.91. The molecule has 0 radical (unpaired) electrons. The van der Waals surface area contributed by atoms with Gasteiger partial charge in [-0.1, -0.05) is 0 Å². The van der Waals surface area contributed by atoms with Crippen molar-refractivity contribution in [3.8, 4) is 0 Å². The van der Waals surface area contributed by atoms with Crippen LogP contribution in [0.4, 0.5) is 0 Å². The Morgan fingerprint density at radius 1 is 0.800 bits per heavy atom. The van der Waals surface area contributed by atoms with Crippen molar-refractivity contribution < 1.29 is 49.2 Å². The van der Waals surface area contributed by atoms with E-state index in [-0.39, 0.29) is 0 Å². The van der Waals surface area contributed by atoms with Crippen LogP contribution in [0.2, 0.25) is 0 Å². The summed E-state index contributed by atoms with van der Waals surface area (Å²) in [6.07, 6.45) is -9.55. The first-order valence-electron chi connectivity index (χ1n) is 6.04. The highest BCUT2D eigenvalue weighted by atomic mass is 17.0. The summed E-state index contributed by atoms with van der Waals surface area (Å²) in [5.41, 5.74) is 0. The van der Waals surface area contributed by atoms with E-state index < -0.39 is 57.7 Å². The lowest BCUT2D eigenvalue weighted by molar-refractivity contribution is -0.825. The summed E-state index contributed by atoms with van der Waals surface area (Å²) in [6.45, 7) is -0.978. The monoisotopic (exact) mass is 374 g/mol. The zero-order chi connectivity index (χ0) is 19.1. The molecule has 1 heterocycles. The molecule has 0 bridgehead atoms. The largest absolute Gasteiger partial charge is 0.353 e. The summed E-state index contributed by atoms with van der Waals surface area (Å²) in [6, 6.07) is 0. The third-order valence-corrected chi connectivity index (χ3v) is 2.79. The SMILES string of the molecule is CO[C@H]1O[C@H](CO[N+](=O)[O-])[C@@H](O[N+](=O)[O-])[C@H](O[N+](=O)[O-])[C@H]1O[N+](=O)[O-]. The Balaban J connectivity index is 3.18. The Morgan fingerprint density at radius 2 is 1.28 bits per heavy atom. The van der Waals surface area contributed by atoms with Gasteiger partial charge in [0.25, 0.3) is 20.3 Å². The smallest absolute Gasteiger partial charge is 0.295 e. The maximum Gasteiger partial charge on any atom is 0.295 e. The molecule has 0 saturated carbocycles. The Kier molecular flexibility index (Phi) is 6.75. The average molecular weight is 374 g/mol. The Morgan fingerprint density at radius 3 is 1.72 bits per heavy atom. The number of hydrogen-bond acceptors (Lipinski definition) is 14. The molecule has 0 aromatic rings. The molecular formula is C7H10N4O14. The lowest BCUT2D eigenvalue weighted by Gasteiger charge is -2.42. The van der Waals surface area contributed by atoms with Crippen LogP contribution in [0, 0.1) is 40.5 Å². The Bertz CT molecular complexity index is 527. The summed E-state index contributed by atoms with van der Waals surface area (Å²) >= 11 is 0. The van der Waals surface area contributed by atoms with Crippen LogP contribution in [-0.2, 0) is 28.8 Å². The van der Waals surface area contributed by atoms with Crippen LogP contribution in [0.5, 0.6) is 0 Å². The molecule has 0 unspecified atom stereocenters. The van der Waals surface area contributed by atoms with Gasteiger partial charge in [0.2, 0.25) is 0 Å². The van der Waals surface area contributed by atoms with Crippen molar-refractivity contribution in [2.24, 2.45) is 0 Å². The van der Waals surface area contributed by atoms with Crippen LogP contribution in [0.3, 0.4) is 0 Å². The zero-order valence-electron chi connectivity index (χ0n) is 12.1. The van der Waals surface area contributed by atoms with E-state index >= 15 is 0 Å². The molecule has 0 N–H and O–H groups in total. The third-order valence-electron chi connectivity index (χ3n) is 2.79. The van der Waals surface area contributed by atoms with Crippen molar-refractivity contribution >= 4 is 0 Å². The Hall–Kier alpha value is -3.28. The summed E-state index contributed by atoms with van der Waals surface area (Å²) in [5.74, 6) is 0. The number of methoxy groups -OCH3 is 1. The molecule has 18 nitrogen and oxygen atoms in total. The molecule has 0 aliphatic carbocycles. The molecule has 142 valence electrons. The van der Waals surface area contributed by atoms with E-state index in [0.29, 0.717) is 0 Å². The fourth-order valence-corrected chi connectivity index (χ4v) is 1.99. The normalized spacial score (nSPS) is 28.4. The van der Waals surface area contributed by atoms with Gasteiger partial charge >= 0.3 is 0 Å². The van der Waals surface area contributed by atoms with Gasteiger partial charge in [0.15, 0.2) is 24.6 Å². The van der Waals surface area contributed by atoms with E-state index in [1.54, 1.807) is 0 Å². The van der Waals surface area contributed by atoms with Crippen molar-refractivity contribution in [2.75, 3.05) is 13.7 Å². The second-order valence-corrected chi connectivity index (χ2v) is 4.18. The van der Waals surface area contributed by atoms with Crippen LogP contribution in [0.25, 0.3) is 0 Å². The van der Waals surface area contributed by atoms with Gasteiger partial charge in [0.1, 0.15) is 12.7 Å². The van der Waals surface area contributed by atoms with Gasteiger partial charge in [-0.15, -0.1) is 40.5 Å². The minimum atomic E-state index is -2.11. The fraction of sp³-hybridized carbons (Fsp3) is 1.00. The van der Waals surface area contributed by atoms with Gasteiger partial charge < -0.3 is 28.8 Å².